The van der Waals surface area contributed by atoms with Crippen molar-refractivity contribution >= 4 is 17.7 Å². The van der Waals surface area contributed by atoms with Crippen molar-refractivity contribution < 1.29 is 0 Å². The molecule has 1 saturated carbocycles. The monoisotopic (exact) mass is 354 g/mol. The van der Waals surface area contributed by atoms with E-state index in [0.29, 0.717) is 12.0 Å². The van der Waals surface area contributed by atoms with Crippen LogP contribution in [0.3, 0.4) is 0 Å². The van der Waals surface area contributed by atoms with Gasteiger partial charge in [0.2, 0.25) is 11.9 Å². The van der Waals surface area contributed by atoms with E-state index in [2.05, 4.69) is 35.3 Å². The lowest BCUT2D eigenvalue weighted by atomic mass is 10.1. The van der Waals surface area contributed by atoms with E-state index >= 15 is 0 Å². The van der Waals surface area contributed by atoms with Crippen molar-refractivity contribution in [1.82, 2.24) is 25.1 Å². The van der Waals surface area contributed by atoms with Gasteiger partial charge in [0.05, 0.1) is 6.20 Å². The summed E-state index contributed by atoms with van der Waals surface area (Å²) in [6, 6.07) is 2.32. The average molecular weight is 354 g/mol. The van der Waals surface area contributed by atoms with Gasteiger partial charge in [0.1, 0.15) is 0 Å². The first kappa shape index (κ1) is 16.9. The molecule has 1 aliphatic carbocycles. The maximum absolute atomic E-state index is 4.71. The molecule has 0 atom stereocenters. The van der Waals surface area contributed by atoms with E-state index < -0.39 is 0 Å². The van der Waals surface area contributed by atoms with Gasteiger partial charge in [0.15, 0.2) is 5.82 Å². The third-order valence-electron chi connectivity index (χ3n) is 5.17. The second kappa shape index (κ2) is 8.25. The number of anilines is 3. The molecule has 26 heavy (non-hydrogen) atoms. The van der Waals surface area contributed by atoms with Gasteiger partial charge in [-0.15, -0.1) is 5.10 Å². The fourth-order valence-electron chi connectivity index (χ4n) is 3.70. The number of nitrogens with zero attached hydrogens (tertiary/aromatic N) is 7. The zero-order valence-electron chi connectivity index (χ0n) is 15.1. The minimum atomic E-state index is 0.474. The van der Waals surface area contributed by atoms with E-state index in [4.69, 9.17) is 4.98 Å². The minimum Gasteiger partial charge on any atom is -0.352 e. The smallest absolute Gasteiger partial charge is 0.244 e. The number of nitrogens with one attached hydrogen (secondary N) is 1. The second-order valence-electron chi connectivity index (χ2n) is 6.99. The molecular formula is C18H26N8. The average Bonchev–Trinajstić information content (AvgIpc) is 2.98. The molecule has 1 aliphatic heterocycles. The lowest BCUT2D eigenvalue weighted by molar-refractivity contribution is 0.609. The van der Waals surface area contributed by atoms with Crippen LogP contribution in [0.2, 0.25) is 0 Å². The summed E-state index contributed by atoms with van der Waals surface area (Å²) in [5.41, 5.74) is 0. The van der Waals surface area contributed by atoms with E-state index in [1.807, 2.05) is 6.07 Å². The van der Waals surface area contributed by atoms with Gasteiger partial charge in [-0.05, 0) is 18.9 Å². The summed E-state index contributed by atoms with van der Waals surface area (Å²) in [6.07, 6.45) is 13.0. The van der Waals surface area contributed by atoms with Crippen LogP contribution in [0.15, 0.2) is 24.7 Å². The third kappa shape index (κ3) is 4.17. The molecule has 3 heterocycles. The molecule has 0 radical (unpaired) electrons. The lowest BCUT2D eigenvalue weighted by Gasteiger charge is -2.35. The Hall–Kier alpha value is -2.51. The number of hydrogen-bond acceptors (Lipinski definition) is 8. The summed E-state index contributed by atoms with van der Waals surface area (Å²) in [6.45, 7) is 3.50. The van der Waals surface area contributed by atoms with Gasteiger partial charge >= 0.3 is 0 Å². The van der Waals surface area contributed by atoms with Crippen molar-refractivity contribution in [3.8, 4) is 0 Å². The van der Waals surface area contributed by atoms with Gasteiger partial charge in [-0.2, -0.15) is 10.1 Å². The Bertz CT molecular complexity index is 679. The van der Waals surface area contributed by atoms with Crippen molar-refractivity contribution in [3.63, 3.8) is 0 Å². The summed E-state index contributed by atoms with van der Waals surface area (Å²) < 4.78 is 0. The van der Waals surface area contributed by atoms with Gasteiger partial charge in [0, 0.05) is 44.6 Å². The number of rotatable bonds is 4. The van der Waals surface area contributed by atoms with E-state index in [9.17, 15) is 0 Å². The van der Waals surface area contributed by atoms with E-state index in [1.165, 1.54) is 38.5 Å². The predicted octanol–water partition coefficient (Wildman–Crippen LogP) is 2.12. The Morgan fingerprint density at radius 1 is 0.885 bits per heavy atom. The molecule has 0 aromatic carbocycles. The van der Waals surface area contributed by atoms with Crippen LogP contribution in [0.4, 0.5) is 17.7 Å². The third-order valence-corrected chi connectivity index (χ3v) is 5.17. The Morgan fingerprint density at radius 2 is 1.58 bits per heavy atom. The van der Waals surface area contributed by atoms with E-state index in [1.54, 1.807) is 18.6 Å². The molecule has 4 rings (SSSR count). The van der Waals surface area contributed by atoms with Crippen LogP contribution in [0, 0.1) is 0 Å². The number of aromatic nitrogens is 5. The Balaban J connectivity index is 1.36. The Morgan fingerprint density at radius 3 is 2.31 bits per heavy atom. The Kier molecular flexibility index (Phi) is 5.37. The molecule has 0 bridgehead atoms. The molecule has 1 saturated heterocycles. The van der Waals surface area contributed by atoms with Crippen LogP contribution in [0.1, 0.15) is 38.5 Å². The molecule has 0 amide bonds. The van der Waals surface area contributed by atoms with Crippen LogP contribution in [0.5, 0.6) is 0 Å². The molecule has 8 nitrogen and oxygen atoms in total. The highest BCUT2D eigenvalue weighted by molar-refractivity contribution is 5.43. The van der Waals surface area contributed by atoms with E-state index in [-0.39, 0.29) is 0 Å². The largest absolute Gasteiger partial charge is 0.352 e. The number of piperazine rings is 1. The molecule has 138 valence electrons. The quantitative estimate of drug-likeness (QED) is 0.836. The summed E-state index contributed by atoms with van der Waals surface area (Å²) in [4.78, 5) is 17.8. The highest BCUT2D eigenvalue weighted by Crippen LogP contribution is 2.21. The first-order valence-corrected chi connectivity index (χ1v) is 9.62. The summed E-state index contributed by atoms with van der Waals surface area (Å²) in [7, 11) is 0. The first-order valence-electron chi connectivity index (χ1n) is 9.62. The van der Waals surface area contributed by atoms with Gasteiger partial charge in [-0.3, -0.25) is 0 Å². The first-order chi connectivity index (χ1) is 12.9. The molecule has 2 aromatic rings. The topological polar surface area (TPSA) is 83.0 Å². The maximum atomic E-state index is 4.71. The zero-order valence-corrected chi connectivity index (χ0v) is 15.1. The van der Waals surface area contributed by atoms with E-state index in [0.717, 1.165) is 37.9 Å². The van der Waals surface area contributed by atoms with Crippen molar-refractivity contribution in [2.45, 2.75) is 44.6 Å². The molecule has 0 spiro atoms. The van der Waals surface area contributed by atoms with Gasteiger partial charge in [0.25, 0.3) is 0 Å². The minimum absolute atomic E-state index is 0.474. The van der Waals surface area contributed by atoms with Gasteiger partial charge < -0.3 is 15.1 Å². The molecule has 1 N–H and O–H groups in total. The summed E-state index contributed by atoms with van der Waals surface area (Å²) in [5.74, 6) is 2.34. The van der Waals surface area contributed by atoms with Crippen LogP contribution in [-0.2, 0) is 0 Å². The number of hydrogen-bond donors (Lipinski definition) is 1. The molecular weight excluding hydrogens is 328 g/mol. The molecule has 0 unspecified atom stereocenters. The normalized spacial score (nSPS) is 19.2. The highest BCUT2D eigenvalue weighted by atomic mass is 15.4. The predicted molar refractivity (Wildman–Crippen MR) is 101 cm³/mol. The van der Waals surface area contributed by atoms with Crippen LogP contribution >= 0.6 is 0 Å². The van der Waals surface area contributed by atoms with Crippen molar-refractivity contribution in [3.05, 3.63) is 24.7 Å². The zero-order chi connectivity index (χ0) is 17.6. The standard InChI is InChI=1S/C18H26N8/c1-2-4-7-15(6-3-1)22-17-23-16(14-21-24-17)25-10-12-26(13-11-25)18-19-8-5-9-20-18/h5,8-9,14-15H,1-4,6-7,10-13H2,(H,22,23,24). The highest BCUT2D eigenvalue weighted by Gasteiger charge is 2.21. The molecule has 2 aliphatic rings. The lowest BCUT2D eigenvalue weighted by Crippen LogP contribution is -2.47. The summed E-state index contributed by atoms with van der Waals surface area (Å²) >= 11 is 0. The molecule has 8 heteroatoms. The van der Waals surface area contributed by atoms with Crippen molar-refractivity contribution in [1.29, 1.82) is 0 Å². The molecule has 2 fully saturated rings. The van der Waals surface area contributed by atoms with Crippen LogP contribution in [-0.4, -0.2) is 57.4 Å². The Labute approximate surface area is 154 Å². The SMILES string of the molecule is c1cnc(N2CCN(c3cnnc(NC4CCCCCC4)n3)CC2)nc1. The summed E-state index contributed by atoms with van der Waals surface area (Å²) in [5, 5.41) is 11.9. The van der Waals surface area contributed by atoms with Gasteiger partial charge in [-0.1, -0.05) is 25.7 Å². The fourth-order valence-corrected chi connectivity index (χ4v) is 3.70. The maximum Gasteiger partial charge on any atom is 0.244 e. The fraction of sp³-hybridized carbons (Fsp3) is 0.611. The van der Waals surface area contributed by atoms with Crippen LogP contribution in [0.25, 0.3) is 0 Å². The second-order valence-corrected chi connectivity index (χ2v) is 6.99. The van der Waals surface area contributed by atoms with Gasteiger partial charge in [-0.25, -0.2) is 9.97 Å². The molecule has 2 aromatic heterocycles. The van der Waals surface area contributed by atoms with Crippen molar-refractivity contribution in [2.24, 2.45) is 0 Å². The van der Waals surface area contributed by atoms with Crippen LogP contribution < -0.4 is 15.1 Å². The van der Waals surface area contributed by atoms with Crippen molar-refractivity contribution in [2.75, 3.05) is 41.3 Å².